The Balaban J connectivity index is 3.55. The number of phenols is 1. The molecule has 0 aliphatic carbocycles. The molecule has 76 heavy (non-hydrogen) atoms. The summed E-state index contributed by atoms with van der Waals surface area (Å²) in [6, 6.07) is -8.34. The topological polar surface area (TPSA) is 481 Å². The number of carbonyl (C=O) groups excluding carboxylic acids is 9. The second-order valence-corrected chi connectivity index (χ2v) is 19.1. The summed E-state index contributed by atoms with van der Waals surface area (Å²) < 4.78 is 0. The molecule has 0 radical (unpaired) electrons. The number of thiol groups is 2. The minimum Gasteiger partial charge on any atom is -0.508 e. The van der Waals surface area contributed by atoms with Crippen LogP contribution in [0.15, 0.2) is 29.3 Å². The summed E-state index contributed by atoms with van der Waals surface area (Å²) in [5.74, 6) is -13.7. The molecule has 11 atom stereocenters. The van der Waals surface area contributed by atoms with Gasteiger partial charge in [0.2, 0.25) is 53.2 Å². The van der Waals surface area contributed by atoms with Gasteiger partial charge in [-0.3, -0.25) is 52.9 Å². The van der Waals surface area contributed by atoms with Crippen molar-refractivity contribution in [3.8, 4) is 5.75 Å². The summed E-state index contributed by atoms with van der Waals surface area (Å²) in [4.78, 5) is 149. The van der Waals surface area contributed by atoms with Gasteiger partial charge >= 0.3 is 11.9 Å². The molecule has 1 aromatic carbocycles. The Kier molecular flexibility index (Phi) is 29.9. The molecule has 0 saturated carbocycles. The van der Waals surface area contributed by atoms with Crippen LogP contribution < -0.4 is 65.5 Å². The highest BCUT2D eigenvalue weighted by atomic mass is 32.1. The summed E-state index contributed by atoms with van der Waals surface area (Å²) in [5, 5.41) is 59.2. The number of nitrogens with one attached hydrogen (secondary N) is 8. The zero-order valence-corrected chi connectivity index (χ0v) is 44.7. The first kappa shape index (κ1) is 67.1. The molecule has 1 aromatic rings. The molecular weight excluding hydrogens is 1040 g/mol. The van der Waals surface area contributed by atoms with Crippen molar-refractivity contribution >= 4 is 96.3 Å². The van der Waals surface area contributed by atoms with E-state index in [1.165, 1.54) is 24.3 Å². The van der Waals surface area contributed by atoms with Gasteiger partial charge in [0.05, 0.1) is 18.6 Å². The lowest BCUT2D eigenvalue weighted by molar-refractivity contribution is -0.142. The molecule has 426 valence electrons. The Bertz CT molecular complexity index is 2200. The fourth-order valence-electron chi connectivity index (χ4n) is 7.00. The number of rotatable bonds is 35. The number of primary amides is 1. The molecule has 0 aromatic heterocycles. The van der Waals surface area contributed by atoms with Crippen LogP contribution in [0.1, 0.15) is 85.1 Å². The molecular formula is C46H75N13O15S2. The van der Waals surface area contributed by atoms with Crippen molar-refractivity contribution in [1.82, 2.24) is 42.5 Å². The van der Waals surface area contributed by atoms with Crippen LogP contribution in [0.5, 0.6) is 5.75 Å². The number of aliphatic carboxylic acids is 2. The lowest BCUT2D eigenvalue weighted by Crippen LogP contribution is -2.63. The first-order valence-corrected chi connectivity index (χ1v) is 25.5. The molecule has 11 unspecified atom stereocenters. The average Bonchev–Trinajstić information content (AvgIpc) is 3.34. The second kappa shape index (κ2) is 33.9. The molecule has 9 amide bonds. The number of carboxylic acid groups (broad SMARTS) is 2. The van der Waals surface area contributed by atoms with E-state index in [4.69, 9.17) is 22.9 Å². The third-order valence-corrected chi connectivity index (χ3v) is 12.2. The van der Waals surface area contributed by atoms with E-state index in [0.717, 1.165) is 6.92 Å². The smallest absolute Gasteiger partial charge is 0.326 e. The van der Waals surface area contributed by atoms with Gasteiger partial charge in [-0.1, -0.05) is 46.2 Å². The van der Waals surface area contributed by atoms with Gasteiger partial charge in [-0.2, -0.15) is 25.3 Å². The molecule has 20 N–H and O–H groups in total. The summed E-state index contributed by atoms with van der Waals surface area (Å²) in [6.07, 6.45) is -3.85. The van der Waals surface area contributed by atoms with Crippen LogP contribution in [0.25, 0.3) is 0 Å². The standard InChI is InChI=1S/C46H75N13O15S2/c1-6-22(4)35(58-41(69)30(17-24-9-11-25(61)12-10-24)55-40(68)31(18-33(48)62)56-42(70)32(20-76)57-37(65)26(47)19-75)43(71)59-36(23(5)60)44(72)52-27(13-14-34(63)64)38(66)54-29(16-21(2)3)39(67)53-28(45(73)74)8-7-15-51-46(49)50/h9-12,21-23,26-32,35-36,60-61,75-76H,6-8,13-20,47H2,1-5H3,(H2,48,62)(H,52,72)(H,53,67)(H,54,66)(H,55,68)(H,56,70)(H,57,65)(H,58,69)(H,59,71)(H,63,64)(H,73,74)(H4,49,50,51). The van der Waals surface area contributed by atoms with Gasteiger partial charge in [-0.25, -0.2) is 4.79 Å². The van der Waals surface area contributed by atoms with Crippen LogP contribution in [0.2, 0.25) is 0 Å². The highest BCUT2D eigenvalue weighted by Gasteiger charge is 2.38. The van der Waals surface area contributed by atoms with Crippen molar-refractivity contribution in [3.05, 3.63) is 29.8 Å². The monoisotopic (exact) mass is 1110 g/mol. The molecule has 1 rings (SSSR count). The molecule has 0 spiro atoms. The number of benzene rings is 1. The highest BCUT2D eigenvalue weighted by molar-refractivity contribution is 7.80. The van der Waals surface area contributed by atoms with Gasteiger partial charge in [0.1, 0.15) is 54.1 Å². The number of carbonyl (C=O) groups is 11. The number of nitrogens with two attached hydrogens (primary N) is 4. The predicted molar refractivity (Wildman–Crippen MR) is 282 cm³/mol. The maximum Gasteiger partial charge on any atom is 0.326 e. The Morgan fingerprint density at radius 2 is 1.09 bits per heavy atom. The number of hydrogen-bond acceptors (Lipinski definition) is 17. The van der Waals surface area contributed by atoms with Gasteiger partial charge in [-0.15, -0.1) is 0 Å². The van der Waals surface area contributed by atoms with Crippen LogP contribution in [0.3, 0.4) is 0 Å². The van der Waals surface area contributed by atoms with E-state index in [1.807, 2.05) is 0 Å². The van der Waals surface area contributed by atoms with Crippen LogP contribution in [0.4, 0.5) is 0 Å². The van der Waals surface area contributed by atoms with E-state index in [0.29, 0.717) is 5.56 Å². The maximum absolute atomic E-state index is 14.3. The SMILES string of the molecule is CCC(C)C(NC(=O)C(Cc1ccc(O)cc1)NC(=O)C(CC(N)=O)NC(=O)C(CS)NC(=O)C(N)CS)C(=O)NC(C(=O)NC(CCC(=O)O)C(=O)NC(CC(C)C)C(=O)NC(CCCN=C(N)N)C(=O)O)C(C)O. The number of hydrogen-bond donors (Lipinski definition) is 18. The largest absolute Gasteiger partial charge is 0.508 e. The zero-order valence-electron chi connectivity index (χ0n) is 42.9. The quantitative estimate of drug-likeness (QED) is 0.0132. The number of aliphatic hydroxyl groups is 1. The van der Waals surface area contributed by atoms with E-state index in [-0.39, 0.29) is 67.8 Å². The predicted octanol–water partition coefficient (Wildman–Crippen LogP) is -4.65. The maximum atomic E-state index is 14.3. The van der Waals surface area contributed by atoms with Crippen LogP contribution in [-0.4, -0.2) is 170 Å². The molecule has 0 aliphatic rings. The average molecular weight is 1110 g/mol. The summed E-state index contributed by atoms with van der Waals surface area (Å²) in [6.45, 7) is 7.79. The van der Waals surface area contributed by atoms with Gasteiger partial charge in [0, 0.05) is 30.9 Å². The van der Waals surface area contributed by atoms with Crippen LogP contribution >= 0.6 is 25.3 Å². The number of phenolic OH excluding ortho intramolecular Hbond substituents is 1. The van der Waals surface area contributed by atoms with Crippen molar-refractivity contribution < 1.29 is 73.2 Å². The third-order valence-electron chi connectivity index (χ3n) is 11.4. The highest BCUT2D eigenvalue weighted by Crippen LogP contribution is 2.15. The van der Waals surface area contributed by atoms with Crippen LogP contribution in [-0.2, 0) is 59.2 Å². The number of aliphatic hydroxyl groups excluding tert-OH is 1. The van der Waals surface area contributed by atoms with Gasteiger partial charge in [0.25, 0.3) is 0 Å². The fraction of sp³-hybridized carbons (Fsp3) is 0.609. The van der Waals surface area contributed by atoms with E-state index >= 15 is 0 Å². The normalized spacial score (nSPS) is 15.4. The van der Waals surface area contributed by atoms with Gasteiger partial charge in [0.15, 0.2) is 5.96 Å². The van der Waals surface area contributed by atoms with Crippen molar-refractivity contribution in [3.63, 3.8) is 0 Å². The Morgan fingerprint density at radius 3 is 1.61 bits per heavy atom. The van der Waals surface area contributed by atoms with Crippen molar-refractivity contribution in [2.75, 3.05) is 18.1 Å². The molecule has 28 nitrogen and oxygen atoms in total. The van der Waals surface area contributed by atoms with Gasteiger partial charge < -0.3 is 85.9 Å². The van der Waals surface area contributed by atoms with Crippen molar-refractivity contribution in [1.29, 1.82) is 0 Å². The van der Waals surface area contributed by atoms with Gasteiger partial charge in [-0.05, 0) is 62.1 Å². The number of carboxylic acids is 2. The summed E-state index contributed by atoms with van der Waals surface area (Å²) >= 11 is 8.04. The molecule has 0 heterocycles. The number of nitrogens with zero attached hydrogens (tertiary/aromatic N) is 1. The van der Waals surface area contributed by atoms with Crippen LogP contribution in [0, 0.1) is 11.8 Å². The number of amides is 9. The summed E-state index contributed by atoms with van der Waals surface area (Å²) in [5.41, 5.74) is 22.1. The molecule has 0 aliphatic heterocycles. The third kappa shape index (κ3) is 24.6. The number of guanidine groups is 1. The van der Waals surface area contributed by atoms with E-state index in [1.54, 1.807) is 27.7 Å². The lowest BCUT2D eigenvalue weighted by atomic mass is 9.96. The van der Waals surface area contributed by atoms with E-state index in [2.05, 4.69) is 72.8 Å². The zero-order chi connectivity index (χ0) is 58.0. The van der Waals surface area contributed by atoms with Crippen molar-refractivity contribution in [2.45, 2.75) is 146 Å². The Hall–Kier alpha value is -6.92. The lowest BCUT2D eigenvalue weighted by Gasteiger charge is -2.30. The molecule has 30 heteroatoms. The first-order valence-electron chi connectivity index (χ1n) is 24.2. The Labute approximate surface area is 450 Å². The minimum atomic E-state index is -1.88. The first-order chi connectivity index (χ1) is 35.5. The second-order valence-electron chi connectivity index (χ2n) is 18.3. The summed E-state index contributed by atoms with van der Waals surface area (Å²) in [7, 11) is 0. The molecule has 0 bridgehead atoms. The molecule has 0 fully saturated rings. The number of aromatic hydroxyl groups is 1. The van der Waals surface area contributed by atoms with Crippen molar-refractivity contribution in [2.24, 2.45) is 39.8 Å². The fourth-order valence-corrected chi connectivity index (χ4v) is 7.42. The Morgan fingerprint density at radius 1 is 0.605 bits per heavy atom. The number of aliphatic imine (C=N–C) groups is 1. The van der Waals surface area contributed by atoms with E-state index < -0.39 is 151 Å². The molecule has 0 saturated heterocycles. The minimum absolute atomic E-state index is 0.0402. The van der Waals surface area contributed by atoms with E-state index in [9.17, 15) is 73.2 Å².